The number of hydrogen-bond donors (Lipinski definition) is 2. The topological polar surface area (TPSA) is 63.5 Å². The number of unbranched alkanes of at least 4 members (excludes halogenated alkanes) is 1. The van der Waals surface area contributed by atoms with E-state index in [1.165, 1.54) is 56.2 Å². The first-order valence-corrected chi connectivity index (χ1v) is 10.1. The van der Waals surface area contributed by atoms with Crippen molar-refractivity contribution in [1.82, 2.24) is 20.4 Å². The second kappa shape index (κ2) is 11.2. The highest BCUT2D eigenvalue weighted by Crippen LogP contribution is 2.28. The number of methoxy groups -OCH3 is 1. The number of ether oxygens (including phenoxy) is 1. The van der Waals surface area contributed by atoms with Crippen LogP contribution < -0.4 is 10.6 Å². The third-order valence-corrected chi connectivity index (χ3v) is 5.50. The summed E-state index contributed by atoms with van der Waals surface area (Å²) in [5.41, 5.74) is 3.50. The van der Waals surface area contributed by atoms with Gasteiger partial charge in [-0.1, -0.05) is 38.5 Å². The molecule has 1 aromatic rings. The molecule has 1 aromatic heterocycles. The van der Waals surface area contributed by atoms with Crippen molar-refractivity contribution in [2.45, 2.75) is 71.9 Å². The molecule has 2 rings (SSSR count). The van der Waals surface area contributed by atoms with E-state index in [2.05, 4.69) is 34.6 Å². The maximum absolute atomic E-state index is 5.16. The van der Waals surface area contributed by atoms with Crippen molar-refractivity contribution >= 4 is 5.96 Å². The van der Waals surface area contributed by atoms with Gasteiger partial charge in [0.1, 0.15) is 0 Å². The molecule has 0 atom stereocenters. The van der Waals surface area contributed by atoms with E-state index in [0.717, 1.165) is 37.2 Å². The molecule has 0 aromatic carbocycles. The van der Waals surface area contributed by atoms with Gasteiger partial charge in [0, 0.05) is 38.5 Å². The molecule has 0 unspecified atom stereocenters. The fraction of sp³-hybridized carbons (Fsp3) is 0.800. The van der Waals surface area contributed by atoms with Crippen molar-refractivity contribution in [2.75, 3.05) is 27.3 Å². The summed E-state index contributed by atoms with van der Waals surface area (Å²) in [7, 11) is 3.55. The van der Waals surface area contributed by atoms with E-state index >= 15 is 0 Å². The smallest absolute Gasteiger partial charge is 0.191 e. The molecular formula is C20H37N5O. The zero-order chi connectivity index (χ0) is 18.8. The monoisotopic (exact) mass is 363 g/mol. The molecule has 6 nitrogen and oxygen atoms in total. The summed E-state index contributed by atoms with van der Waals surface area (Å²) < 4.78 is 7.18. The Morgan fingerprint density at radius 3 is 2.69 bits per heavy atom. The molecule has 26 heavy (non-hydrogen) atoms. The van der Waals surface area contributed by atoms with Crippen LogP contribution in [0.25, 0.3) is 0 Å². The molecule has 1 fully saturated rings. The quantitative estimate of drug-likeness (QED) is 0.381. The fourth-order valence-electron chi connectivity index (χ4n) is 3.84. The molecule has 0 spiro atoms. The Morgan fingerprint density at radius 1 is 1.23 bits per heavy atom. The number of rotatable bonds is 10. The molecule has 1 aliphatic rings. The lowest BCUT2D eigenvalue weighted by Gasteiger charge is -2.13. The average Bonchev–Trinajstić information content (AvgIpc) is 3.24. The molecule has 1 aliphatic carbocycles. The van der Waals surface area contributed by atoms with E-state index in [9.17, 15) is 0 Å². The molecule has 0 aliphatic heterocycles. The SMILES string of the molecule is CN=C(NCCCCC1CCCC1)NCc1c(C)nn(CCOC)c1C. The first-order chi connectivity index (χ1) is 12.7. The summed E-state index contributed by atoms with van der Waals surface area (Å²) in [6.45, 7) is 7.37. The molecule has 2 N–H and O–H groups in total. The van der Waals surface area contributed by atoms with Crippen molar-refractivity contribution in [3.63, 3.8) is 0 Å². The summed E-state index contributed by atoms with van der Waals surface area (Å²) in [6.07, 6.45) is 9.72. The molecule has 148 valence electrons. The maximum Gasteiger partial charge on any atom is 0.191 e. The summed E-state index contributed by atoms with van der Waals surface area (Å²) in [6, 6.07) is 0. The van der Waals surface area contributed by atoms with Gasteiger partial charge in [-0.2, -0.15) is 5.10 Å². The minimum absolute atomic E-state index is 0.679. The minimum Gasteiger partial charge on any atom is -0.383 e. The zero-order valence-corrected chi connectivity index (χ0v) is 17.1. The van der Waals surface area contributed by atoms with Gasteiger partial charge in [-0.25, -0.2) is 0 Å². The van der Waals surface area contributed by atoms with Crippen molar-refractivity contribution in [3.05, 3.63) is 17.0 Å². The number of guanidine groups is 1. The molecule has 1 saturated carbocycles. The summed E-state index contributed by atoms with van der Waals surface area (Å²) >= 11 is 0. The summed E-state index contributed by atoms with van der Waals surface area (Å²) in [5.74, 6) is 1.86. The third-order valence-electron chi connectivity index (χ3n) is 5.50. The number of nitrogens with one attached hydrogen (secondary N) is 2. The molecule has 0 bridgehead atoms. The van der Waals surface area contributed by atoms with E-state index < -0.39 is 0 Å². The van der Waals surface area contributed by atoms with Crippen molar-refractivity contribution in [3.8, 4) is 0 Å². The second-order valence-electron chi connectivity index (χ2n) is 7.36. The van der Waals surface area contributed by atoms with Crippen LogP contribution >= 0.6 is 0 Å². The van der Waals surface area contributed by atoms with E-state index in [1.807, 2.05) is 11.7 Å². The molecular weight excluding hydrogens is 326 g/mol. The van der Waals surface area contributed by atoms with Gasteiger partial charge in [-0.3, -0.25) is 9.67 Å². The fourth-order valence-corrected chi connectivity index (χ4v) is 3.84. The Labute approximate surface area is 158 Å². The highest BCUT2D eigenvalue weighted by Gasteiger charge is 2.14. The zero-order valence-electron chi connectivity index (χ0n) is 17.1. The number of hydrogen-bond acceptors (Lipinski definition) is 3. The summed E-state index contributed by atoms with van der Waals surface area (Å²) in [5, 5.41) is 11.5. The van der Waals surface area contributed by atoms with Crippen LogP contribution in [0, 0.1) is 19.8 Å². The number of aromatic nitrogens is 2. The highest BCUT2D eigenvalue weighted by atomic mass is 16.5. The van der Waals surface area contributed by atoms with Crippen molar-refractivity contribution < 1.29 is 4.74 Å². The Balaban J connectivity index is 1.70. The van der Waals surface area contributed by atoms with E-state index in [0.29, 0.717) is 6.61 Å². The van der Waals surface area contributed by atoms with Crippen LogP contribution in [0.15, 0.2) is 4.99 Å². The molecule has 6 heteroatoms. The first kappa shape index (κ1) is 20.7. The van der Waals surface area contributed by atoms with E-state index in [1.54, 1.807) is 7.11 Å². The maximum atomic E-state index is 5.16. The Hall–Kier alpha value is -1.56. The standard InChI is InChI=1S/C20H37N5O/c1-16-19(17(2)25(24-16)13-14-26-4)15-23-20(21-3)22-12-8-7-11-18-9-5-6-10-18/h18H,5-15H2,1-4H3,(H2,21,22,23). The lowest BCUT2D eigenvalue weighted by atomic mass is 10.0. The van der Waals surface area contributed by atoms with Crippen LogP contribution in [-0.4, -0.2) is 43.0 Å². The Morgan fingerprint density at radius 2 is 2.00 bits per heavy atom. The molecule has 0 saturated heterocycles. The van der Waals surface area contributed by atoms with Gasteiger partial charge in [0.2, 0.25) is 0 Å². The van der Waals surface area contributed by atoms with Crippen LogP contribution in [0.2, 0.25) is 0 Å². The van der Waals surface area contributed by atoms with Gasteiger partial charge in [-0.05, 0) is 26.2 Å². The third kappa shape index (κ3) is 6.31. The lowest BCUT2D eigenvalue weighted by Crippen LogP contribution is -2.37. The van der Waals surface area contributed by atoms with Crippen LogP contribution in [0.4, 0.5) is 0 Å². The van der Waals surface area contributed by atoms with Crippen LogP contribution in [0.1, 0.15) is 61.9 Å². The van der Waals surface area contributed by atoms with Gasteiger partial charge >= 0.3 is 0 Å². The van der Waals surface area contributed by atoms with Gasteiger partial charge < -0.3 is 15.4 Å². The first-order valence-electron chi connectivity index (χ1n) is 10.1. The van der Waals surface area contributed by atoms with Gasteiger partial charge in [-0.15, -0.1) is 0 Å². The van der Waals surface area contributed by atoms with Crippen LogP contribution in [0.5, 0.6) is 0 Å². The van der Waals surface area contributed by atoms with Crippen molar-refractivity contribution in [1.29, 1.82) is 0 Å². The Kier molecular flexibility index (Phi) is 8.95. The van der Waals surface area contributed by atoms with Crippen LogP contribution in [-0.2, 0) is 17.8 Å². The summed E-state index contributed by atoms with van der Waals surface area (Å²) in [4.78, 5) is 4.34. The average molecular weight is 364 g/mol. The molecule has 1 heterocycles. The van der Waals surface area contributed by atoms with Gasteiger partial charge in [0.25, 0.3) is 0 Å². The van der Waals surface area contributed by atoms with Crippen molar-refractivity contribution in [2.24, 2.45) is 10.9 Å². The minimum atomic E-state index is 0.679. The van der Waals surface area contributed by atoms with E-state index in [-0.39, 0.29) is 0 Å². The molecule has 0 radical (unpaired) electrons. The van der Waals surface area contributed by atoms with E-state index in [4.69, 9.17) is 4.74 Å². The molecule has 0 amide bonds. The predicted molar refractivity (Wildman–Crippen MR) is 108 cm³/mol. The number of aryl methyl sites for hydroxylation is 1. The van der Waals surface area contributed by atoms with Crippen LogP contribution in [0.3, 0.4) is 0 Å². The van der Waals surface area contributed by atoms with Gasteiger partial charge in [0.05, 0.1) is 18.8 Å². The lowest BCUT2D eigenvalue weighted by molar-refractivity contribution is 0.182. The number of aliphatic imine (C=N–C) groups is 1. The predicted octanol–water partition coefficient (Wildman–Crippen LogP) is 3.17. The normalized spacial score (nSPS) is 15.6. The second-order valence-corrected chi connectivity index (χ2v) is 7.36. The largest absolute Gasteiger partial charge is 0.383 e. The highest BCUT2D eigenvalue weighted by molar-refractivity contribution is 5.79. The number of nitrogens with zero attached hydrogens (tertiary/aromatic N) is 3. The Bertz CT molecular complexity index is 561. The van der Waals surface area contributed by atoms with Gasteiger partial charge in [0.15, 0.2) is 5.96 Å².